The summed E-state index contributed by atoms with van der Waals surface area (Å²) >= 11 is 0. The zero-order valence-electron chi connectivity index (χ0n) is 7.04. The van der Waals surface area contributed by atoms with Crippen molar-refractivity contribution in [1.82, 2.24) is 0 Å². The molecule has 0 amide bonds. The molecule has 62 valence electrons. The van der Waals surface area contributed by atoms with Gasteiger partial charge in [0.1, 0.15) is 0 Å². The Balaban J connectivity index is -0.0000000612. The van der Waals surface area contributed by atoms with Crippen LogP contribution in [0.3, 0.4) is 0 Å². The van der Waals surface area contributed by atoms with Crippen molar-refractivity contribution in [2.24, 2.45) is 0 Å². The second-order valence-corrected chi connectivity index (χ2v) is 1.89. The van der Waals surface area contributed by atoms with Crippen LogP contribution >= 0.6 is 0 Å². The average molecular weight is 332 g/mol. The minimum absolute atomic E-state index is 0. The van der Waals surface area contributed by atoms with Crippen molar-refractivity contribution < 1.29 is 55.7 Å². The van der Waals surface area contributed by atoms with Crippen LogP contribution in [0.1, 0.15) is 20.3 Å². The molecule has 0 unspecified atom stereocenters. The Morgan fingerprint density at radius 2 is 1.73 bits per heavy atom. The molecule has 4 heteroatoms. The van der Waals surface area contributed by atoms with Crippen molar-refractivity contribution in [3.05, 3.63) is 23.3 Å². The predicted octanol–water partition coefficient (Wildman–Crippen LogP) is -5.09. The molecule has 1 aliphatic carbocycles. The Morgan fingerprint density at radius 1 is 1.27 bits per heavy atom. The van der Waals surface area contributed by atoms with Gasteiger partial charge in [-0.2, -0.15) is 6.08 Å². The Bertz CT molecular complexity index is 127. The van der Waals surface area contributed by atoms with Gasteiger partial charge in [-0.1, -0.05) is 6.92 Å². The first-order valence-corrected chi connectivity index (χ1v) is 2.55. The van der Waals surface area contributed by atoms with Gasteiger partial charge >= 0.3 is 21.7 Å². The van der Waals surface area contributed by atoms with Gasteiger partial charge in [0.2, 0.25) is 0 Å². The van der Waals surface area contributed by atoms with E-state index < -0.39 is 0 Å². The molecule has 0 spiro atoms. The van der Waals surface area contributed by atoms with Crippen LogP contribution in [0.25, 0.3) is 0 Å². The van der Waals surface area contributed by atoms with E-state index in [0.29, 0.717) is 0 Å². The van der Waals surface area contributed by atoms with Crippen molar-refractivity contribution in [3.8, 4) is 0 Å². The van der Waals surface area contributed by atoms with Crippen molar-refractivity contribution >= 4 is 11.0 Å². The van der Waals surface area contributed by atoms with Crippen LogP contribution in [0.5, 0.6) is 0 Å². The largest absolute Gasteiger partial charge is 3.00 e. The van der Waals surface area contributed by atoms with Gasteiger partial charge in [0.05, 0.1) is 0 Å². The van der Waals surface area contributed by atoms with E-state index in [9.17, 15) is 0 Å². The normalized spacial score (nSPS) is 12.2. The number of hydrogen-bond acceptors (Lipinski definition) is 0. The van der Waals surface area contributed by atoms with Crippen LogP contribution in [0.2, 0.25) is 0 Å². The van der Waals surface area contributed by atoms with Gasteiger partial charge < -0.3 is 34.0 Å². The van der Waals surface area contributed by atoms with E-state index in [1.807, 2.05) is 0 Å². The molecule has 0 atom stereocenters. The molecule has 1 aliphatic rings. The SMILES string of the molecule is CC1=[C-]CC=C1C.[Br-].[Br-].[SiH3].[Ti+3]. The predicted molar refractivity (Wildman–Crippen MR) is 40.7 cm³/mol. The van der Waals surface area contributed by atoms with E-state index in [4.69, 9.17) is 0 Å². The van der Waals surface area contributed by atoms with Crippen LogP contribution in [0.15, 0.2) is 17.2 Å². The molecule has 0 aromatic carbocycles. The fourth-order valence-corrected chi connectivity index (χ4v) is 0.650. The third-order valence-corrected chi connectivity index (χ3v) is 1.37. The summed E-state index contributed by atoms with van der Waals surface area (Å²) in [4.78, 5) is 0. The first-order valence-electron chi connectivity index (χ1n) is 2.55. The summed E-state index contributed by atoms with van der Waals surface area (Å²) in [5.74, 6) is 0. The topological polar surface area (TPSA) is 0 Å². The minimum Gasteiger partial charge on any atom is -1.00 e. The average Bonchev–Trinajstić information content (AvgIpc) is 1.91. The molecule has 0 aliphatic heterocycles. The molecule has 0 aromatic rings. The molecule has 2 radical (unpaired) electrons. The van der Waals surface area contributed by atoms with Gasteiger partial charge in [0.15, 0.2) is 0 Å². The van der Waals surface area contributed by atoms with Gasteiger partial charge in [0.25, 0.3) is 0 Å². The van der Waals surface area contributed by atoms with E-state index in [-0.39, 0.29) is 66.6 Å². The Morgan fingerprint density at radius 3 is 1.82 bits per heavy atom. The molecule has 0 nitrogen and oxygen atoms in total. The zero-order chi connectivity index (χ0) is 5.28. The summed E-state index contributed by atoms with van der Waals surface area (Å²) in [7, 11) is 0. The molecule has 0 fully saturated rings. The fraction of sp³-hybridized carbons (Fsp3) is 0.429. The summed E-state index contributed by atoms with van der Waals surface area (Å²) in [5.41, 5.74) is 2.71. The second kappa shape index (κ2) is 11.4. The molecule has 0 saturated heterocycles. The van der Waals surface area contributed by atoms with Crippen LogP contribution in [-0.4, -0.2) is 11.0 Å². The Labute approximate surface area is 109 Å². The van der Waals surface area contributed by atoms with Crippen molar-refractivity contribution in [3.63, 3.8) is 0 Å². The molecule has 0 N–H and O–H groups in total. The van der Waals surface area contributed by atoms with E-state index >= 15 is 0 Å². The standard InChI is InChI=1S/C7H9.2BrH.H3Si.Ti/c1-6-4-3-5-7(6)2;;;;/h4H,3H2,1-2H3;2*1H;1H3;/q-1;;;;+3/p-2. The van der Waals surface area contributed by atoms with Crippen molar-refractivity contribution in [2.45, 2.75) is 20.3 Å². The molecule has 0 saturated carbocycles. The van der Waals surface area contributed by atoms with Gasteiger partial charge in [-0.15, -0.1) is 13.3 Å². The monoisotopic (exact) mass is 330 g/mol. The summed E-state index contributed by atoms with van der Waals surface area (Å²) in [5, 5.41) is 0. The Kier molecular flexibility index (Phi) is 23.6. The summed E-state index contributed by atoms with van der Waals surface area (Å²) < 4.78 is 0. The molecule has 0 bridgehead atoms. The van der Waals surface area contributed by atoms with Crippen LogP contribution in [0.4, 0.5) is 0 Å². The molecule has 1 rings (SSSR count). The van der Waals surface area contributed by atoms with Crippen LogP contribution < -0.4 is 34.0 Å². The number of hydrogen-bond donors (Lipinski definition) is 0. The summed E-state index contributed by atoms with van der Waals surface area (Å²) in [6.45, 7) is 4.22. The van der Waals surface area contributed by atoms with Gasteiger partial charge in [-0.3, -0.25) is 6.08 Å². The number of rotatable bonds is 0. The van der Waals surface area contributed by atoms with E-state index in [1.54, 1.807) is 0 Å². The number of allylic oxidation sites excluding steroid dienone is 4. The third-order valence-electron chi connectivity index (χ3n) is 1.37. The van der Waals surface area contributed by atoms with Crippen LogP contribution in [0, 0.1) is 6.08 Å². The molecular weight excluding hydrogens is 320 g/mol. The smallest absolute Gasteiger partial charge is 1.00 e. The van der Waals surface area contributed by atoms with Gasteiger partial charge in [-0.05, 0) is 11.0 Å². The maximum absolute atomic E-state index is 3.19. The maximum atomic E-state index is 3.19. The minimum atomic E-state index is 0. The Hall–Kier alpha value is 1.37. The first-order chi connectivity index (χ1) is 3.30. The molecule has 0 heterocycles. The van der Waals surface area contributed by atoms with E-state index in [2.05, 4.69) is 26.0 Å². The van der Waals surface area contributed by atoms with Crippen molar-refractivity contribution in [2.75, 3.05) is 0 Å². The second-order valence-electron chi connectivity index (χ2n) is 1.89. The summed E-state index contributed by atoms with van der Waals surface area (Å²) in [6.07, 6.45) is 6.41. The van der Waals surface area contributed by atoms with E-state index in [1.165, 1.54) is 11.1 Å². The fourth-order valence-electron chi connectivity index (χ4n) is 0.650. The van der Waals surface area contributed by atoms with Crippen molar-refractivity contribution in [1.29, 1.82) is 0 Å². The zero-order valence-corrected chi connectivity index (χ0v) is 13.8. The molecule has 0 aromatic heterocycles. The molecule has 11 heavy (non-hydrogen) atoms. The number of halogens is 2. The van der Waals surface area contributed by atoms with Gasteiger partial charge in [-0.25, -0.2) is 11.1 Å². The summed E-state index contributed by atoms with van der Waals surface area (Å²) in [6, 6.07) is 0. The van der Waals surface area contributed by atoms with E-state index in [0.717, 1.165) is 6.42 Å². The maximum Gasteiger partial charge on any atom is 3.00 e. The van der Waals surface area contributed by atoms with Gasteiger partial charge in [0, 0.05) is 0 Å². The quantitative estimate of drug-likeness (QED) is 0.308. The van der Waals surface area contributed by atoms with Crippen LogP contribution in [-0.2, 0) is 21.7 Å². The third kappa shape index (κ3) is 7.72. The first kappa shape index (κ1) is 22.8. The molecular formula is C7H12Br2SiTi.